The van der Waals surface area contributed by atoms with Crippen LogP contribution >= 0.6 is 0 Å². The average Bonchev–Trinajstić information content (AvgIpc) is 2.94. The Balaban J connectivity index is 1.55. The predicted molar refractivity (Wildman–Crippen MR) is 100.0 cm³/mol. The van der Waals surface area contributed by atoms with Gasteiger partial charge in [-0.3, -0.25) is 4.79 Å². The second-order valence-corrected chi connectivity index (χ2v) is 6.91. The molecule has 0 aromatic heterocycles. The van der Waals surface area contributed by atoms with E-state index in [9.17, 15) is 27.2 Å². The van der Waals surface area contributed by atoms with E-state index >= 15 is 0 Å². The van der Waals surface area contributed by atoms with Gasteiger partial charge in [-0.15, -0.1) is 0 Å². The molecule has 0 spiro atoms. The first kappa shape index (κ1) is 20.9. The highest BCUT2D eigenvalue weighted by Gasteiger charge is 2.30. The molecule has 0 bridgehead atoms. The third-order valence-electron chi connectivity index (χ3n) is 4.83. The van der Waals surface area contributed by atoms with E-state index in [2.05, 4.69) is 5.32 Å². The van der Waals surface area contributed by atoms with Crippen molar-refractivity contribution < 1.29 is 27.2 Å². The number of carbonyl (C=O) groups excluding carboxylic acids is 2. The van der Waals surface area contributed by atoms with Gasteiger partial charge < -0.3 is 15.1 Å². The van der Waals surface area contributed by atoms with Crippen molar-refractivity contribution in [3.63, 3.8) is 0 Å². The van der Waals surface area contributed by atoms with Gasteiger partial charge in [0, 0.05) is 43.9 Å². The van der Waals surface area contributed by atoms with Crippen LogP contribution in [0, 0.1) is 0 Å². The summed E-state index contributed by atoms with van der Waals surface area (Å²) in [4.78, 5) is 28.2. The zero-order chi connectivity index (χ0) is 21.0. The van der Waals surface area contributed by atoms with E-state index in [0.717, 1.165) is 12.1 Å². The third kappa shape index (κ3) is 5.36. The van der Waals surface area contributed by atoms with Gasteiger partial charge in [0.05, 0.1) is 5.56 Å². The minimum Gasteiger partial charge on any atom is -0.337 e. The SMILES string of the molecule is O=C(Nc1ccc(C(F)(F)F)cc1)N1CCCN(C(=O)C2=CCC(F)C=C2)CC1. The summed E-state index contributed by atoms with van der Waals surface area (Å²) >= 11 is 0. The molecule has 1 unspecified atom stereocenters. The van der Waals surface area contributed by atoms with Crippen LogP contribution in [0.25, 0.3) is 0 Å². The molecule has 1 aromatic rings. The summed E-state index contributed by atoms with van der Waals surface area (Å²) in [6.45, 7) is 1.50. The molecule has 5 nitrogen and oxygen atoms in total. The highest BCUT2D eigenvalue weighted by molar-refractivity contribution is 5.96. The van der Waals surface area contributed by atoms with E-state index in [1.165, 1.54) is 29.2 Å². The lowest BCUT2D eigenvalue weighted by molar-refractivity contribution is -0.137. The third-order valence-corrected chi connectivity index (χ3v) is 4.83. The molecular weight excluding hydrogens is 390 g/mol. The number of hydrogen-bond acceptors (Lipinski definition) is 2. The van der Waals surface area contributed by atoms with Gasteiger partial charge in [0.25, 0.3) is 5.91 Å². The van der Waals surface area contributed by atoms with Crippen LogP contribution in [0.4, 0.5) is 28.0 Å². The van der Waals surface area contributed by atoms with E-state index < -0.39 is 23.9 Å². The van der Waals surface area contributed by atoms with Crippen LogP contribution < -0.4 is 5.32 Å². The number of nitrogens with one attached hydrogen (secondary N) is 1. The second-order valence-electron chi connectivity index (χ2n) is 6.91. The maximum Gasteiger partial charge on any atom is 0.416 e. The number of benzene rings is 1. The molecule has 1 fully saturated rings. The van der Waals surface area contributed by atoms with Crippen molar-refractivity contribution >= 4 is 17.6 Å². The van der Waals surface area contributed by atoms with Crippen LogP contribution in [0.15, 0.2) is 48.1 Å². The summed E-state index contributed by atoms with van der Waals surface area (Å²) in [5, 5.41) is 2.58. The lowest BCUT2D eigenvalue weighted by atomic mass is 10.0. The molecule has 1 aliphatic carbocycles. The smallest absolute Gasteiger partial charge is 0.337 e. The molecule has 1 N–H and O–H groups in total. The molecule has 1 aromatic carbocycles. The first-order valence-electron chi connectivity index (χ1n) is 9.29. The quantitative estimate of drug-likeness (QED) is 0.748. The van der Waals surface area contributed by atoms with Gasteiger partial charge in [-0.25, -0.2) is 9.18 Å². The fourth-order valence-electron chi connectivity index (χ4n) is 3.20. The Morgan fingerprint density at radius 3 is 2.28 bits per heavy atom. The van der Waals surface area contributed by atoms with Crippen molar-refractivity contribution in [1.29, 1.82) is 0 Å². The summed E-state index contributed by atoms with van der Waals surface area (Å²) in [5.41, 5.74) is -0.0791. The molecular formula is C20H21F4N3O2. The lowest BCUT2D eigenvalue weighted by Crippen LogP contribution is -2.39. The molecule has 1 saturated heterocycles. The first-order valence-corrected chi connectivity index (χ1v) is 9.29. The topological polar surface area (TPSA) is 52.7 Å². The summed E-state index contributed by atoms with van der Waals surface area (Å²) in [6.07, 6.45) is -0.349. The number of amides is 3. The van der Waals surface area contributed by atoms with Crippen LogP contribution in [-0.4, -0.2) is 54.1 Å². The van der Waals surface area contributed by atoms with E-state index in [1.54, 1.807) is 11.0 Å². The number of anilines is 1. The highest BCUT2D eigenvalue weighted by atomic mass is 19.4. The van der Waals surface area contributed by atoms with Gasteiger partial charge in [-0.05, 0) is 36.8 Å². The number of hydrogen-bond donors (Lipinski definition) is 1. The number of nitrogens with zero attached hydrogens (tertiary/aromatic N) is 2. The number of urea groups is 1. The van der Waals surface area contributed by atoms with E-state index in [-0.39, 0.29) is 18.0 Å². The summed E-state index contributed by atoms with van der Waals surface area (Å²) < 4.78 is 51.0. The van der Waals surface area contributed by atoms with Crippen molar-refractivity contribution in [3.8, 4) is 0 Å². The van der Waals surface area contributed by atoms with E-state index in [1.807, 2.05) is 0 Å². The molecule has 0 radical (unpaired) electrons. The Kier molecular flexibility index (Phi) is 6.24. The molecule has 0 saturated carbocycles. The van der Waals surface area contributed by atoms with Crippen LogP contribution in [0.3, 0.4) is 0 Å². The van der Waals surface area contributed by atoms with Gasteiger partial charge >= 0.3 is 12.2 Å². The average molecular weight is 411 g/mol. The molecule has 156 valence electrons. The van der Waals surface area contributed by atoms with Crippen LogP contribution in [-0.2, 0) is 11.0 Å². The summed E-state index contributed by atoms with van der Waals surface area (Å²) in [5.74, 6) is -0.196. The van der Waals surface area contributed by atoms with Gasteiger partial charge in [-0.2, -0.15) is 13.2 Å². The molecule has 1 atom stereocenters. The van der Waals surface area contributed by atoms with E-state index in [0.29, 0.717) is 38.2 Å². The number of allylic oxidation sites excluding steroid dienone is 2. The highest BCUT2D eigenvalue weighted by Crippen LogP contribution is 2.29. The fourth-order valence-corrected chi connectivity index (χ4v) is 3.20. The van der Waals surface area contributed by atoms with Crippen molar-refractivity contribution in [2.24, 2.45) is 0 Å². The standard InChI is InChI=1S/C20H21F4N3O2/c21-16-6-2-14(3-7-16)18(28)26-10-1-11-27(13-12-26)19(29)25-17-8-4-15(5-9-17)20(22,23)24/h2-6,8-9,16H,1,7,10-13H2,(H,25,29). The Hall–Kier alpha value is -2.84. The van der Waals surface area contributed by atoms with Gasteiger partial charge in [0.1, 0.15) is 6.17 Å². The largest absolute Gasteiger partial charge is 0.416 e. The molecule has 29 heavy (non-hydrogen) atoms. The van der Waals surface area contributed by atoms with Crippen LogP contribution in [0.1, 0.15) is 18.4 Å². The molecule has 1 heterocycles. The Bertz CT molecular complexity index is 818. The zero-order valence-corrected chi connectivity index (χ0v) is 15.6. The Morgan fingerprint density at radius 2 is 1.66 bits per heavy atom. The van der Waals surface area contributed by atoms with Crippen molar-refractivity contribution in [1.82, 2.24) is 9.80 Å². The van der Waals surface area contributed by atoms with Gasteiger partial charge in [-0.1, -0.05) is 12.2 Å². The first-order chi connectivity index (χ1) is 13.7. The minimum absolute atomic E-state index is 0.174. The number of rotatable bonds is 2. The minimum atomic E-state index is -4.43. The molecule has 3 amide bonds. The second kappa shape index (κ2) is 8.67. The van der Waals surface area contributed by atoms with Gasteiger partial charge in [0.15, 0.2) is 0 Å². The summed E-state index contributed by atoms with van der Waals surface area (Å²) in [7, 11) is 0. The number of alkyl halides is 4. The predicted octanol–water partition coefficient (Wildman–Crippen LogP) is 4.00. The normalized spacial score (nSPS) is 20.1. The summed E-state index contributed by atoms with van der Waals surface area (Å²) in [6, 6.07) is 3.79. The van der Waals surface area contributed by atoms with Crippen molar-refractivity contribution in [2.45, 2.75) is 25.2 Å². The molecule has 9 heteroatoms. The number of carbonyl (C=O) groups is 2. The zero-order valence-electron chi connectivity index (χ0n) is 15.6. The van der Waals surface area contributed by atoms with Crippen molar-refractivity contribution in [3.05, 3.63) is 53.6 Å². The van der Waals surface area contributed by atoms with Crippen LogP contribution in [0.5, 0.6) is 0 Å². The fraction of sp³-hybridized carbons (Fsp3) is 0.400. The molecule has 1 aliphatic heterocycles. The molecule has 2 aliphatic rings. The van der Waals surface area contributed by atoms with E-state index in [4.69, 9.17) is 0 Å². The Labute approximate surface area is 165 Å². The molecule has 3 rings (SSSR count). The van der Waals surface area contributed by atoms with Gasteiger partial charge in [0.2, 0.25) is 0 Å². The Morgan fingerprint density at radius 1 is 1.00 bits per heavy atom. The van der Waals surface area contributed by atoms with Crippen molar-refractivity contribution in [2.75, 3.05) is 31.5 Å². The van der Waals surface area contributed by atoms with Crippen LogP contribution in [0.2, 0.25) is 0 Å². The maximum atomic E-state index is 13.2. The maximum absolute atomic E-state index is 13.2. The lowest BCUT2D eigenvalue weighted by Gasteiger charge is -2.23. The number of halogens is 4. The monoisotopic (exact) mass is 411 g/mol.